The molecule has 0 heterocycles. The minimum absolute atomic E-state index is 0. The standard InChI is InChI=1S/C6H4ClF2N.2ClH.2H2O.Sn/c7-3-1-5(9)6(10)2-4(3)8;;;;;/h1-2H,10H2;2*1H;2*1H2;/q;;;;;+2/p-2. The van der Waals surface area contributed by atoms with Crippen LogP contribution in [0.1, 0.15) is 0 Å². The topological polar surface area (TPSA) is 89.0 Å². The van der Waals surface area contributed by atoms with E-state index in [1.165, 1.54) is 0 Å². The second kappa shape index (κ2) is 11.0. The van der Waals surface area contributed by atoms with Gasteiger partial charge in [0.2, 0.25) is 0 Å². The van der Waals surface area contributed by atoms with Crippen LogP contribution in [0.3, 0.4) is 0 Å². The van der Waals surface area contributed by atoms with Crippen molar-refractivity contribution in [2.45, 2.75) is 0 Å². The molecule has 1 aromatic carbocycles. The van der Waals surface area contributed by atoms with Gasteiger partial charge in [-0.1, -0.05) is 11.6 Å². The normalized spacial score (nSPS) is 7.80. The second-order valence-electron chi connectivity index (χ2n) is 1.86. The van der Waals surface area contributed by atoms with E-state index in [4.69, 9.17) is 35.2 Å². The van der Waals surface area contributed by atoms with E-state index in [1.54, 1.807) is 0 Å². The Labute approximate surface area is 108 Å². The van der Waals surface area contributed by atoms with E-state index in [9.17, 15) is 8.78 Å². The molecule has 0 saturated carbocycles. The first-order valence-electron chi connectivity index (χ1n) is 2.89. The van der Waals surface area contributed by atoms with E-state index in [2.05, 4.69) is 0 Å². The van der Waals surface area contributed by atoms with Crippen molar-refractivity contribution in [1.82, 2.24) is 0 Å². The fraction of sp³-hybridized carbons (Fsp3) is 0. The maximum atomic E-state index is 12.4. The molecule has 1 aromatic rings. The van der Waals surface area contributed by atoms with E-state index in [0.717, 1.165) is 12.1 Å². The Kier molecular flexibility index (Phi) is 15.2. The van der Waals surface area contributed by atoms with Crippen molar-refractivity contribution < 1.29 is 19.7 Å². The third kappa shape index (κ3) is 8.29. The van der Waals surface area contributed by atoms with Crippen molar-refractivity contribution in [2.24, 2.45) is 0 Å². The summed E-state index contributed by atoms with van der Waals surface area (Å²) in [4.78, 5) is 0. The molecule has 0 saturated heterocycles. The van der Waals surface area contributed by atoms with Crippen LogP contribution in [0.5, 0.6) is 0 Å². The second-order valence-corrected chi connectivity index (χ2v) is 6.51. The average molecular weight is 389 g/mol. The van der Waals surface area contributed by atoms with Crippen molar-refractivity contribution in [3.8, 4) is 0 Å². The third-order valence-electron chi connectivity index (χ3n) is 1.04. The van der Waals surface area contributed by atoms with E-state index in [-0.39, 0.29) is 21.7 Å². The van der Waals surface area contributed by atoms with E-state index < -0.39 is 30.5 Å². The predicted octanol–water partition coefficient (Wildman–Crippen LogP) is 1.55. The third-order valence-corrected chi connectivity index (χ3v) is 1.33. The summed E-state index contributed by atoms with van der Waals surface area (Å²) >= 11 is 4.39. The molecule has 1 rings (SSSR count). The van der Waals surface area contributed by atoms with Crippen molar-refractivity contribution in [3.63, 3.8) is 0 Å². The summed E-state index contributed by atoms with van der Waals surface area (Å²) in [6, 6.07) is 1.68. The average Bonchev–Trinajstić information content (AvgIpc) is 2.03. The molecule has 2 radical (unpaired) electrons. The summed E-state index contributed by atoms with van der Waals surface area (Å²) < 4.78 is 24.8. The molecular weight excluding hydrogens is 381 g/mol. The van der Waals surface area contributed by atoms with Gasteiger partial charge in [0.1, 0.15) is 11.6 Å². The molecule has 3 nitrogen and oxygen atoms in total. The van der Waals surface area contributed by atoms with Gasteiger partial charge in [0.15, 0.2) is 0 Å². The molecule has 0 bridgehead atoms. The van der Waals surface area contributed by atoms with Gasteiger partial charge in [-0.25, -0.2) is 8.78 Å². The number of benzene rings is 1. The van der Waals surface area contributed by atoms with Gasteiger partial charge in [0.05, 0.1) is 10.7 Å². The van der Waals surface area contributed by atoms with Crippen LogP contribution in [0.4, 0.5) is 14.5 Å². The molecule has 0 atom stereocenters. The SMILES string of the molecule is Nc1cc(F)c(Cl)cc1F.O.O.[Cl][Sn][Cl]. The molecule has 0 aromatic heterocycles. The fourth-order valence-electron chi connectivity index (χ4n) is 0.538. The first-order chi connectivity index (χ1) is 6.02. The quantitative estimate of drug-likeness (QED) is 0.407. The summed E-state index contributed by atoms with van der Waals surface area (Å²) in [6.07, 6.45) is 0. The van der Waals surface area contributed by atoms with E-state index >= 15 is 0 Å². The van der Waals surface area contributed by atoms with Crippen LogP contribution in [0.15, 0.2) is 12.1 Å². The van der Waals surface area contributed by atoms with Gasteiger partial charge in [-0.2, -0.15) is 0 Å². The zero-order chi connectivity index (χ0) is 10.4. The van der Waals surface area contributed by atoms with Crippen LogP contribution >= 0.6 is 29.4 Å². The van der Waals surface area contributed by atoms with Crippen molar-refractivity contribution in [1.29, 1.82) is 0 Å². The van der Waals surface area contributed by atoms with Crippen LogP contribution in [-0.4, -0.2) is 29.8 Å². The molecular formula is C6H8Cl3F2NO2Sn. The van der Waals surface area contributed by atoms with Gasteiger partial charge in [0.25, 0.3) is 0 Å². The van der Waals surface area contributed by atoms with Crippen LogP contribution in [0, 0.1) is 11.6 Å². The molecule has 0 amide bonds. The number of nitrogens with two attached hydrogens (primary N) is 1. The maximum absolute atomic E-state index is 12.4. The summed E-state index contributed by atoms with van der Waals surface area (Å²) in [6.45, 7) is 0. The summed E-state index contributed by atoms with van der Waals surface area (Å²) in [5.41, 5.74) is 4.78. The predicted molar refractivity (Wildman–Crippen MR) is 60.5 cm³/mol. The van der Waals surface area contributed by atoms with E-state index in [0.29, 0.717) is 0 Å². The molecule has 0 fully saturated rings. The minimum atomic E-state index is -0.826. The van der Waals surface area contributed by atoms with Gasteiger partial charge in [-0.3, -0.25) is 0 Å². The molecule has 6 N–H and O–H groups in total. The molecule has 0 aliphatic carbocycles. The summed E-state index contributed by atoms with van der Waals surface area (Å²) in [5.74, 6) is -1.41. The van der Waals surface area contributed by atoms with Crippen LogP contribution in [0.25, 0.3) is 0 Å². The molecule has 0 aliphatic heterocycles. The molecule has 0 unspecified atom stereocenters. The van der Waals surface area contributed by atoms with Gasteiger partial charge < -0.3 is 16.7 Å². The Hall–Kier alpha value is 0.469. The Morgan fingerprint density at radius 1 is 1.07 bits per heavy atom. The van der Waals surface area contributed by atoms with Gasteiger partial charge in [-0.15, -0.1) is 0 Å². The molecule has 0 spiro atoms. The first kappa shape index (κ1) is 20.8. The van der Waals surface area contributed by atoms with Crippen LogP contribution in [-0.2, 0) is 0 Å². The number of halogens is 5. The number of hydrogen-bond acceptors (Lipinski definition) is 1. The van der Waals surface area contributed by atoms with Crippen LogP contribution in [0.2, 0.25) is 5.02 Å². The number of nitrogen functional groups attached to an aromatic ring is 1. The Morgan fingerprint density at radius 3 is 1.80 bits per heavy atom. The molecule has 15 heavy (non-hydrogen) atoms. The number of anilines is 1. The summed E-state index contributed by atoms with van der Waals surface area (Å²) in [5, 5.41) is -0.258. The van der Waals surface area contributed by atoms with Crippen molar-refractivity contribution in [3.05, 3.63) is 28.8 Å². The number of hydrogen-bond donors (Lipinski definition) is 1. The van der Waals surface area contributed by atoms with Gasteiger partial charge in [-0.05, 0) is 6.07 Å². The van der Waals surface area contributed by atoms with Gasteiger partial charge >= 0.3 is 36.7 Å². The molecule has 88 valence electrons. The summed E-state index contributed by atoms with van der Waals surface area (Å²) in [7, 11) is 9.87. The monoisotopic (exact) mass is 389 g/mol. The molecule has 0 aliphatic rings. The Bertz CT molecular complexity index is 243. The zero-order valence-electron chi connectivity index (χ0n) is 7.12. The van der Waals surface area contributed by atoms with Gasteiger partial charge in [0, 0.05) is 6.07 Å². The van der Waals surface area contributed by atoms with E-state index in [1.807, 2.05) is 0 Å². The fourth-order valence-corrected chi connectivity index (χ4v) is 0.688. The van der Waals surface area contributed by atoms with Crippen LogP contribution < -0.4 is 5.73 Å². The Morgan fingerprint density at radius 2 is 1.47 bits per heavy atom. The molecule has 9 heteroatoms. The zero-order valence-corrected chi connectivity index (χ0v) is 12.2. The Balaban J connectivity index is -0.000000260. The van der Waals surface area contributed by atoms with Crippen molar-refractivity contribution in [2.75, 3.05) is 5.73 Å². The first-order valence-corrected chi connectivity index (χ1v) is 10.5. The number of rotatable bonds is 0. The van der Waals surface area contributed by atoms with Crippen molar-refractivity contribution >= 4 is 54.0 Å².